The van der Waals surface area contributed by atoms with Gasteiger partial charge in [0.2, 0.25) is 0 Å². The Morgan fingerprint density at radius 2 is 1.71 bits per heavy atom. The Morgan fingerprint density at radius 3 is 2.50 bits per heavy atom. The Morgan fingerprint density at radius 1 is 1.00 bits per heavy atom. The molecule has 4 heteroatoms. The molecule has 0 amide bonds. The van der Waals surface area contributed by atoms with Crippen molar-refractivity contribution in [1.29, 1.82) is 0 Å². The van der Waals surface area contributed by atoms with Crippen LogP contribution in [0.25, 0.3) is 21.9 Å². The summed E-state index contributed by atoms with van der Waals surface area (Å²) in [6.07, 6.45) is 4.07. The van der Waals surface area contributed by atoms with Gasteiger partial charge in [-0.15, -0.1) is 0 Å². The molecule has 3 aromatic rings. The number of benzene rings is 2. The van der Waals surface area contributed by atoms with E-state index in [1.54, 1.807) is 0 Å². The monoisotopic (exact) mass is 388 g/mol. The number of nitrogens with zero attached hydrogens (tertiary/aromatic N) is 1. The lowest BCUT2D eigenvalue weighted by molar-refractivity contribution is -0.914. The number of furan rings is 1. The van der Waals surface area contributed by atoms with Crippen LogP contribution in [-0.2, 0) is 0 Å². The second-order valence-corrected chi connectivity index (χ2v) is 8.02. The largest absolute Gasteiger partial charge is 0.488 e. The van der Waals surface area contributed by atoms with Crippen molar-refractivity contribution in [2.24, 2.45) is 0 Å². The third-order valence-electron chi connectivity index (χ3n) is 5.20. The molecule has 2 heterocycles. The van der Waals surface area contributed by atoms with Gasteiger partial charge in [-0.25, -0.2) is 0 Å². The van der Waals surface area contributed by atoms with Crippen LogP contribution in [0.5, 0.6) is 5.75 Å². The highest BCUT2D eigenvalue weighted by molar-refractivity contribution is 9.10. The van der Waals surface area contributed by atoms with E-state index >= 15 is 0 Å². The smallest absolute Gasteiger partial charge is 0.139 e. The van der Waals surface area contributed by atoms with Crippen LogP contribution in [0.15, 0.2) is 45.3 Å². The van der Waals surface area contributed by atoms with Gasteiger partial charge in [0.1, 0.15) is 30.1 Å². The highest BCUT2D eigenvalue weighted by Gasteiger charge is 2.24. The molecular formula is C20H23BrNO2+. The molecule has 1 aromatic heterocycles. The molecule has 0 unspecified atom stereocenters. The van der Waals surface area contributed by atoms with Gasteiger partial charge in [-0.1, -0.05) is 15.9 Å². The Bertz CT molecular complexity index is 865. The number of hydrogen-bond donors (Lipinski definition) is 0. The van der Waals surface area contributed by atoms with Crippen molar-refractivity contribution in [3.05, 3.63) is 40.9 Å². The second-order valence-electron chi connectivity index (χ2n) is 7.10. The number of halogens is 1. The average Bonchev–Trinajstić information content (AvgIpc) is 2.91. The van der Waals surface area contributed by atoms with Crippen LogP contribution in [0.3, 0.4) is 0 Å². The van der Waals surface area contributed by atoms with Crippen molar-refractivity contribution in [3.8, 4) is 5.75 Å². The lowest BCUT2D eigenvalue weighted by Gasteiger charge is -2.37. The van der Waals surface area contributed by atoms with Crippen LogP contribution >= 0.6 is 15.9 Å². The summed E-state index contributed by atoms with van der Waals surface area (Å²) >= 11 is 3.49. The summed E-state index contributed by atoms with van der Waals surface area (Å²) in [4.78, 5) is 0. The molecule has 1 aliphatic heterocycles. The molecular weight excluding hydrogens is 366 g/mol. The van der Waals surface area contributed by atoms with Crippen LogP contribution < -0.4 is 4.74 Å². The first kappa shape index (κ1) is 16.0. The van der Waals surface area contributed by atoms with Crippen molar-refractivity contribution in [3.63, 3.8) is 0 Å². The van der Waals surface area contributed by atoms with Gasteiger partial charge in [0.15, 0.2) is 0 Å². The minimum atomic E-state index is 0.758. The number of piperidine rings is 1. The molecule has 0 N–H and O–H groups in total. The molecule has 1 aliphatic rings. The molecule has 3 nitrogen and oxygen atoms in total. The Labute approximate surface area is 150 Å². The zero-order valence-electron chi connectivity index (χ0n) is 14.1. The summed E-state index contributed by atoms with van der Waals surface area (Å²) in [6.45, 7) is 4.39. The lowest BCUT2D eigenvalue weighted by Crippen LogP contribution is -2.50. The zero-order chi connectivity index (χ0) is 16.6. The van der Waals surface area contributed by atoms with Crippen molar-refractivity contribution < 1.29 is 13.6 Å². The SMILES string of the molecule is C[N+]1(CCOc2ccc3c(c2)oc2cc(Br)ccc23)CCCCC1. The van der Waals surface area contributed by atoms with E-state index in [1.807, 2.05) is 18.2 Å². The highest BCUT2D eigenvalue weighted by Crippen LogP contribution is 2.32. The standard InChI is InChI=1S/C20H23BrNO2/c1-22(9-3-2-4-10-22)11-12-23-16-6-8-18-17-7-5-15(21)13-19(17)24-20(18)14-16/h5-8,13-14H,2-4,9-12H2,1H3/q+1. The molecule has 4 rings (SSSR count). The van der Waals surface area contributed by atoms with Crippen LogP contribution in [0.1, 0.15) is 19.3 Å². The van der Waals surface area contributed by atoms with Crippen molar-refractivity contribution in [1.82, 2.24) is 0 Å². The fraction of sp³-hybridized carbons (Fsp3) is 0.400. The summed E-state index contributed by atoms with van der Waals surface area (Å²) in [5.74, 6) is 0.893. The fourth-order valence-corrected chi connectivity index (χ4v) is 4.04. The van der Waals surface area contributed by atoms with Gasteiger partial charge in [0.05, 0.1) is 20.1 Å². The molecule has 0 atom stereocenters. The molecule has 1 fully saturated rings. The third-order valence-corrected chi connectivity index (χ3v) is 5.70. The van der Waals surface area contributed by atoms with Crippen LogP contribution in [-0.4, -0.2) is 37.8 Å². The molecule has 0 saturated carbocycles. The number of rotatable bonds is 4. The van der Waals surface area contributed by atoms with Crippen LogP contribution in [0.4, 0.5) is 0 Å². The minimum absolute atomic E-state index is 0.758. The highest BCUT2D eigenvalue weighted by atomic mass is 79.9. The van der Waals surface area contributed by atoms with Crippen molar-refractivity contribution in [2.75, 3.05) is 33.3 Å². The second kappa shape index (κ2) is 6.41. The number of likely N-dealkylation sites (tertiary alicyclic amines) is 1. The summed E-state index contributed by atoms with van der Waals surface area (Å²) in [5, 5.41) is 2.28. The number of hydrogen-bond acceptors (Lipinski definition) is 2. The van der Waals surface area contributed by atoms with E-state index < -0.39 is 0 Å². The van der Waals surface area contributed by atoms with E-state index in [-0.39, 0.29) is 0 Å². The van der Waals surface area contributed by atoms with E-state index in [9.17, 15) is 0 Å². The van der Waals surface area contributed by atoms with Gasteiger partial charge >= 0.3 is 0 Å². The van der Waals surface area contributed by atoms with Gasteiger partial charge in [0.25, 0.3) is 0 Å². The number of quaternary nitrogens is 1. The van der Waals surface area contributed by atoms with Crippen LogP contribution in [0.2, 0.25) is 0 Å². The van der Waals surface area contributed by atoms with Gasteiger partial charge in [-0.05, 0) is 49.6 Å². The first-order valence-corrected chi connectivity index (χ1v) is 9.50. The predicted molar refractivity (Wildman–Crippen MR) is 102 cm³/mol. The maximum absolute atomic E-state index is 6.02. The predicted octanol–water partition coefficient (Wildman–Crippen LogP) is 5.36. The number of likely N-dealkylation sites (N-methyl/N-ethyl adjacent to an activating group) is 1. The molecule has 126 valence electrons. The Balaban J connectivity index is 1.49. The van der Waals surface area contributed by atoms with E-state index in [0.29, 0.717) is 0 Å². The summed E-state index contributed by atoms with van der Waals surface area (Å²) < 4.78 is 14.2. The summed E-state index contributed by atoms with van der Waals surface area (Å²) in [6, 6.07) is 12.3. The van der Waals surface area contributed by atoms with Gasteiger partial charge in [-0.3, -0.25) is 0 Å². The summed E-state index contributed by atoms with van der Waals surface area (Å²) in [5.41, 5.74) is 1.79. The average molecular weight is 389 g/mol. The van der Waals surface area contributed by atoms with Crippen molar-refractivity contribution >= 4 is 37.9 Å². The molecule has 0 aliphatic carbocycles. The molecule has 0 bridgehead atoms. The quantitative estimate of drug-likeness (QED) is 0.561. The Kier molecular flexibility index (Phi) is 4.27. The van der Waals surface area contributed by atoms with E-state index in [4.69, 9.17) is 9.15 Å². The van der Waals surface area contributed by atoms with E-state index in [0.717, 1.165) is 49.8 Å². The van der Waals surface area contributed by atoms with E-state index in [1.165, 1.54) is 32.4 Å². The molecule has 0 radical (unpaired) electrons. The Hall–Kier alpha value is -1.52. The number of ether oxygens (including phenoxy) is 1. The van der Waals surface area contributed by atoms with E-state index in [2.05, 4.69) is 41.2 Å². The molecule has 1 saturated heterocycles. The first-order valence-electron chi connectivity index (χ1n) is 8.71. The van der Waals surface area contributed by atoms with Gasteiger partial charge < -0.3 is 13.6 Å². The third kappa shape index (κ3) is 3.17. The van der Waals surface area contributed by atoms with Crippen LogP contribution in [0, 0.1) is 0 Å². The van der Waals surface area contributed by atoms with Gasteiger partial charge in [-0.2, -0.15) is 0 Å². The number of fused-ring (bicyclic) bond motifs is 3. The summed E-state index contributed by atoms with van der Waals surface area (Å²) in [7, 11) is 2.35. The normalized spacial score (nSPS) is 17.4. The minimum Gasteiger partial charge on any atom is -0.488 e. The lowest BCUT2D eigenvalue weighted by atomic mass is 10.1. The maximum atomic E-state index is 6.02. The maximum Gasteiger partial charge on any atom is 0.139 e. The molecule has 2 aromatic carbocycles. The molecule has 0 spiro atoms. The topological polar surface area (TPSA) is 22.4 Å². The first-order chi connectivity index (χ1) is 11.6. The van der Waals surface area contributed by atoms with Crippen molar-refractivity contribution in [2.45, 2.75) is 19.3 Å². The fourth-order valence-electron chi connectivity index (χ4n) is 3.70. The van der Waals surface area contributed by atoms with Gasteiger partial charge in [0, 0.05) is 21.3 Å². The zero-order valence-corrected chi connectivity index (χ0v) is 15.6. The molecule has 24 heavy (non-hydrogen) atoms.